The fourth-order valence-electron chi connectivity index (χ4n) is 5.45. The highest BCUT2D eigenvalue weighted by Crippen LogP contribution is 2.31. The molecule has 0 aromatic carbocycles. The Labute approximate surface area is 255 Å². The number of carbonyl (C=O) groups is 1. The lowest BCUT2D eigenvalue weighted by Crippen LogP contribution is -2.51. The normalized spacial score (nSPS) is 19.3. The molecule has 0 bridgehead atoms. The first kappa shape index (κ1) is 29.6. The van der Waals surface area contributed by atoms with E-state index in [0.717, 1.165) is 42.5 Å². The van der Waals surface area contributed by atoms with Crippen LogP contribution in [-0.4, -0.2) is 94.7 Å². The summed E-state index contributed by atoms with van der Waals surface area (Å²) in [4.78, 5) is 33.5. The van der Waals surface area contributed by atoms with Crippen LogP contribution in [0.2, 0.25) is 0 Å². The van der Waals surface area contributed by atoms with Crippen molar-refractivity contribution < 1.29 is 14.3 Å². The quantitative estimate of drug-likeness (QED) is 0.275. The number of nitrogens with zero attached hydrogens (tertiary/aromatic N) is 9. The summed E-state index contributed by atoms with van der Waals surface area (Å²) < 4.78 is 14.8. The van der Waals surface area contributed by atoms with Gasteiger partial charge in [-0.2, -0.15) is 15.2 Å². The molecule has 0 radical (unpaired) electrons. The number of H-pyrrole nitrogens is 1. The maximum Gasteiger partial charge on any atom is 0.227 e. The van der Waals surface area contributed by atoms with Crippen molar-refractivity contribution in [1.82, 2.24) is 44.7 Å². The molecule has 1 unspecified atom stereocenters. The fraction of sp³-hybridized carbons (Fsp3) is 0.467. The van der Waals surface area contributed by atoms with E-state index in [9.17, 15) is 14.3 Å². The first-order valence-electron chi connectivity index (χ1n) is 15.0. The minimum atomic E-state index is -0.834. The van der Waals surface area contributed by atoms with Crippen molar-refractivity contribution in [1.29, 1.82) is 0 Å². The van der Waals surface area contributed by atoms with Crippen LogP contribution in [0, 0.1) is 25.6 Å². The van der Waals surface area contributed by atoms with Crippen LogP contribution >= 0.6 is 0 Å². The second-order valence-electron chi connectivity index (χ2n) is 11.7. The van der Waals surface area contributed by atoms with Gasteiger partial charge >= 0.3 is 0 Å². The van der Waals surface area contributed by atoms with Gasteiger partial charge in [0, 0.05) is 62.3 Å². The Morgan fingerprint density at radius 3 is 2.64 bits per heavy atom. The van der Waals surface area contributed by atoms with Crippen molar-refractivity contribution in [3.05, 3.63) is 65.6 Å². The van der Waals surface area contributed by atoms with E-state index in [-0.39, 0.29) is 24.9 Å². The number of nitrogens with one attached hydrogen (secondary N) is 2. The number of amides is 1. The van der Waals surface area contributed by atoms with E-state index in [0.29, 0.717) is 49.0 Å². The minimum Gasteiger partial charge on any atom is -0.376 e. The molecule has 2 atom stereocenters. The maximum absolute atomic E-state index is 13.8. The number of β-amino-alcohol motifs (C(OH)–C–C–N with tert-alkyl or cyclic N) is 1. The number of rotatable bonds is 8. The number of anilines is 3. The highest BCUT2D eigenvalue weighted by Gasteiger charge is 2.32. The first-order chi connectivity index (χ1) is 21.2. The van der Waals surface area contributed by atoms with Crippen molar-refractivity contribution in [2.45, 2.75) is 52.3 Å². The predicted molar refractivity (Wildman–Crippen MR) is 162 cm³/mol. The van der Waals surface area contributed by atoms with Gasteiger partial charge in [-0.1, -0.05) is 6.07 Å². The van der Waals surface area contributed by atoms with Gasteiger partial charge in [0.1, 0.15) is 12.0 Å². The molecule has 2 fully saturated rings. The van der Waals surface area contributed by atoms with Gasteiger partial charge in [0.05, 0.1) is 25.0 Å². The van der Waals surface area contributed by atoms with Crippen molar-refractivity contribution in [2.24, 2.45) is 5.92 Å². The largest absolute Gasteiger partial charge is 0.376 e. The third kappa shape index (κ3) is 7.03. The van der Waals surface area contributed by atoms with Crippen LogP contribution in [0.25, 0.3) is 5.82 Å². The summed E-state index contributed by atoms with van der Waals surface area (Å²) in [6, 6.07) is 7.00. The molecule has 6 rings (SSSR count). The van der Waals surface area contributed by atoms with Crippen LogP contribution in [-0.2, 0) is 4.79 Å². The molecule has 1 saturated carbocycles. The number of hydrogen-bond acceptors (Lipinski definition) is 10. The zero-order valence-corrected chi connectivity index (χ0v) is 25.2. The number of pyridine rings is 1. The molecule has 0 spiro atoms. The molecule has 13 nitrogen and oxygen atoms in total. The Morgan fingerprint density at radius 2 is 1.95 bits per heavy atom. The minimum absolute atomic E-state index is 0.0916. The van der Waals surface area contributed by atoms with Gasteiger partial charge in [-0.3, -0.25) is 14.8 Å². The zero-order chi connectivity index (χ0) is 30.8. The van der Waals surface area contributed by atoms with Crippen molar-refractivity contribution >= 4 is 23.5 Å². The third-order valence-corrected chi connectivity index (χ3v) is 8.14. The molecule has 1 saturated heterocycles. The number of carbonyl (C=O) groups excluding carboxylic acids is 1. The summed E-state index contributed by atoms with van der Waals surface area (Å²) in [6.45, 7) is 8.30. The summed E-state index contributed by atoms with van der Waals surface area (Å²) >= 11 is 0. The second kappa shape index (κ2) is 12.7. The van der Waals surface area contributed by atoms with Gasteiger partial charge in [0.25, 0.3) is 0 Å². The van der Waals surface area contributed by atoms with Crippen LogP contribution in [0.4, 0.5) is 22.0 Å². The van der Waals surface area contributed by atoms with Crippen molar-refractivity contribution in [2.75, 3.05) is 42.9 Å². The SMILES string of the molecule is Cc1cc(Nc2cc(C)[nH]n2)nc(N2CCC(=O)N([C@@H](C)c3ccc(-n4cc(F)cn4)nc3)CC(O)N(CC3CC3)CC2)n1. The number of aromatic nitrogens is 7. The Balaban J connectivity index is 1.23. The van der Waals surface area contributed by atoms with Crippen molar-refractivity contribution in [3.8, 4) is 5.82 Å². The summed E-state index contributed by atoms with van der Waals surface area (Å²) in [6.07, 6.45) is 5.73. The van der Waals surface area contributed by atoms with E-state index in [2.05, 4.69) is 30.5 Å². The average Bonchev–Trinajstić information content (AvgIpc) is 3.57. The summed E-state index contributed by atoms with van der Waals surface area (Å²) in [7, 11) is 0. The third-order valence-electron chi connectivity index (χ3n) is 8.14. The number of aliphatic hydroxyl groups is 1. The highest BCUT2D eigenvalue weighted by atomic mass is 19.1. The molecule has 44 heavy (non-hydrogen) atoms. The summed E-state index contributed by atoms with van der Waals surface area (Å²) in [5.41, 5.74) is 2.52. The molecule has 14 heteroatoms. The van der Waals surface area contributed by atoms with E-state index in [1.54, 1.807) is 17.2 Å². The Kier molecular flexibility index (Phi) is 8.53. The summed E-state index contributed by atoms with van der Waals surface area (Å²) in [5.74, 6) is 2.27. The van der Waals surface area contributed by atoms with Gasteiger partial charge in [0.15, 0.2) is 17.5 Å². The van der Waals surface area contributed by atoms with E-state index in [1.807, 2.05) is 43.9 Å². The molecule has 4 aromatic heterocycles. The molecule has 5 heterocycles. The number of halogens is 1. The Morgan fingerprint density at radius 1 is 1.11 bits per heavy atom. The molecule has 3 N–H and O–H groups in total. The molecule has 232 valence electrons. The van der Waals surface area contributed by atoms with Gasteiger partial charge in [-0.15, -0.1) is 0 Å². The van der Waals surface area contributed by atoms with E-state index >= 15 is 0 Å². The smallest absolute Gasteiger partial charge is 0.227 e. The molecular formula is C30H38FN11O2. The predicted octanol–water partition coefficient (Wildman–Crippen LogP) is 3.11. The zero-order valence-electron chi connectivity index (χ0n) is 25.2. The van der Waals surface area contributed by atoms with Gasteiger partial charge < -0.3 is 20.2 Å². The average molecular weight is 604 g/mol. The topological polar surface area (TPSA) is 144 Å². The molecule has 1 aliphatic heterocycles. The standard InChI is InChI=1S/C30H38FN11O2/c1-19-12-25(35-26-13-20(2)37-38-26)36-30(34-19)39-9-8-28(43)41(18-29(44)40(11-10-39)16-22-4-5-22)21(3)23-6-7-27(32-14-23)42-17-24(31)15-33-42/h6-7,12-15,17,21-22,29,44H,4-5,8-11,16,18H2,1-3H3,(H2,34,35,36,37,38)/t21-,29?/m0/s1. The summed E-state index contributed by atoms with van der Waals surface area (Å²) in [5, 5.41) is 25.8. The first-order valence-corrected chi connectivity index (χ1v) is 15.0. The van der Waals surface area contributed by atoms with Crippen LogP contribution < -0.4 is 10.2 Å². The Hall–Kier alpha value is -4.43. The van der Waals surface area contributed by atoms with Crippen LogP contribution in [0.5, 0.6) is 0 Å². The fourth-order valence-corrected chi connectivity index (χ4v) is 5.45. The van der Waals surface area contributed by atoms with Gasteiger partial charge in [-0.25, -0.2) is 19.0 Å². The molecule has 1 aliphatic carbocycles. The highest BCUT2D eigenvalue weighted by molar-refractivity contribution is 5.77. The van der Waals surface area contributed by atoms with Crippen LogP contribution in [0.15, 0.2) is 42.9 Å². The van der Waals surface area contributed by atoms with Gasteiger partial charge in [0.2, 0.25) is 11.9 Å². The monoisotopic (exact) mass is 603 g/mol. The van der Waals surface area contributed by atoms with Gasteiger partial charge in [-0.05, 0) is 51.2 Å². The number of aliphatic hydroxyl groups excluding tert-OH is 1. The second-order valence-corrected chi connectivity index (χ2v) is 11.7. The van der Waals surface area contributed by atoms with E-state index in [4.69, 9.17) is 9.97 Å². The lowest BCUT2D eigenvalue weighted by Gasteiger charge is -2.38. The van der Waals surface area contributed by atoms with E-state index < -0.39 is 12.0 Å². The van der Waals surface area contributed by atoms with E-state index in [1.165, 1.54) is 10.9 Å². The molecule has 1 amide bonds. The number of hydrogen-bond donors (Lipinski definition) is 3. The molecule has 4 aromatic rings. The number of aryl methyl sites for hydroxylation is 2. The molecular weight excluding hydrogens is 565 g/mol. The Bertz CT molecular complexity index is 1590. The lowest BCUT2D eigenvalue weighted by molar-refractivity contribution is -0.138. The van der Waals surface area contributed by atoms with Crippen LogP contribution in [0.3, 0.4) is 0 Å². The maximum atomic E-state index is 13.8. The lowest BCUT2D eigenvalue weighted by atomic mass is 10.1. The molecule has 2 aliphatic rings. The van der Waals surface area contributed by atoms with Crippen LogP contribution in [0.1, 0.15) is 49.2 Å². The number of aromatic amines is 1. The van der Waals surface area contributed by atoms with Crippen molar-refractivity contribution in [3.63, 3.8) is 0 Å².